The van der Waals surface area contributed by atoms with Gasteiger partial charge < -0.3 is 9.64 Å². The number of likely N-dealkylation sites (N-methyl/N-ethyl adjacent to an activating group) is 1. The number of hydrogen-bond acceptors (Lipinski definition) is 5. The van der Waals surface area contributed by atoms with Crippen LogP contribution in [0.3, 0.4) is 0 Å². The van der Waals surface area contributed by atoms with Crippen LogP contribution in [0.5, 0.6) is 0 Å². The van der Waals surface area contributed by atoms with Gasteiger partial charge in [0.25, 0.3) is 5.69 Å². The van der Waals surface area contributed by atoms with E-state index in [1.807, 2.05) is 18.0 Å². The van der Waals surface area contributed by atoms with E-state index in [2.05, 4.69) is 0 Å². The summed E-state index contributed by atoms with van der Waals surface area (Å²) in [6, 6.07) is 6.35. The molecule has 2 rings (SSSR count). The molecule has 1 atom stereocenters. The van der Waals surface area contributed by atoms with Gasteiger partial charge in [0, 0.05) is 32.3 Å². The summed E-state index contributed by atoms with van der Waals surface area (Å²) in [4.78, 5) is 12.1. The number of hydrogen-bond donors (Lipinski definition) is 0. The lowest BCUT2D eigenvalue weighted by molar-refractivity contribution is -0.384. The Balaban J connectivity index is 2.18. The molecule has 0 aliphatic carbocycles. The number of non-ortho nitro benzene ring substituents is 1. The van der Waals surface area contributed by atoms with Crippen molar-refractivity contribution in [2.45, 2.75) is 18.9 Å². The molecule has 1 aliphatic heterocycles. The van der Waals surface area contributed by atoms with Crippen LogP contribution in [0, 0.1) is 21.4 Å². The third-order valence-electron chi connectivity index (χ3n) is 3.22. The monoisotopic (exact) mass is 261 g/mol. The zero-order valence-electron chi connectivity index (χ0n) is 10.7. The third-order valence-corrected chi connectivity index (χ3v) is 3.22. The fourth-order valence-electron chi connectivity index (χ4n) is 2.25. The van der Waals surface area contributed by atoms with Crippen molar-refractivity contribution in [2.75, 3.05) is 25.1 Å². The Morgan fingerprint density at radius 3 is 3.00 bits per heavy atom. The zero-order chi connectivity index (χ0) is 13.8. The molecule has 0 spiro atoms. The van der Waals surface area contributed by atoms with Crippen LogP contribution in [-0.4, -0.2) is 31.2 Å². The highest BCUT2D eigenvalue weighted by molar-refractivity contribution is 5.62. The maximum absolute atomic E-state index is 10.7. The van der Waals surface area contributed by atoms with Crippen LogP contribution >= 0.6 is 0 Å². The van der Waals surface area contributed by atoms with Crippen molar-refractivity contribution in [3.05, 3.63) is 33.9 Å². The molecule has 0 amide bonds. The summed E-state index contributed by atoms with van der Waals surface area (Å²) >= 11 is 0. The molecule has 1 aromatic rings. The highest BCUT2D eigenvalue weighted by Crippen LogP contribution is 2.25. The van der Waals surface area contributed by atoms with E-state index in [0.717, 1.165) is 19.4 Å². The van der Waals surface area contributed by atoms with Gasteiger partial charge in [-0.2, -0.15) is 5.26 Å². The van der Waals surface area contributed by atoms with E-state index in [4.69, 9.17) is 10.00 Å². The molecule has 0 saturated carbocycles. The largest absolute Gasteiger partial charge is 0.376 e. The van der Waals surface area contributed by atoms with Gasteiger partial charge in [0.05, 0.1) is 22.3 Å². The van der Waals surface area contributed by atoms with Gasteiger partial charge in [0.2, 0.25) is 0 Å². The lowest BCUT2D eigenvalue weighted by Gasteiger charge is -2.23. The second kappa shape index (κ2) is 5.67. The van der Waals surface area contributed by atoms with Gasteiger partial charge in [-0.3, -0.25) is 10.1 Å². The second-order valence-corrected chi connectivity index (χ2v) is 4.59. The quantitative estimate of drug-likeness (QED) is 0.612. The number of nitriles is 1. The lowest BCUT2D eigenvalue weighted by atomic mass is 10.1. The van der Waals surface area contributed by atoms with E-state index in [-0.39, 0.29) is 11.8 Å². The predicted molar refractivity (Wildman–Crippen MR) is 70.1 cm³/mol. The highest BCUT2D eigenvalue weighted by atomic mass is 16.6. The van der Waals surface area contributed by atoms with Gasteiger partial charge in [-0.1, -0.05) is 0 Å². The molecular formula is C13H15N3O3. The molecule has 1 unspecified atom stereocenters. The first-order valence-corrected chi connectivity index (χ1v) is 6.13. The van der Waals surface area contributed by atoms with Crippen LogP contribution in [0.15, 0.2) is 18.2 Å². The SMILES string of the molecule is CN(CC1CCCO1)c1ccc([N+](=O)[O-])cc1C#N. The van der Waals surface area contributed by atoms with Gasteiger partial charge in [-0.15, -0.1) is 0 Å². The second-order valence-electron chi connectivity index (χ2n) is 4.59. The van der Waals surface area contributed by atoms with Crippen molar-refractivity contribution < 1.29 is 9.66 Å². The van der Waals surface area contributed by atoms with E-state index in [9.17, 15) is 10.1 Å². The smallest absolute Gasteiger partial charge is 0.270 e. The van der Waals surface area contributed by atoms with Gasteiger partial charge in [-0.05, 0) is 18.9 Å². The van der Waals surface area contributed by atoms with Crippen molar-refractivity contribution >= 4 is 11.4 Å². The summed E-state index contributed by atoms with van der Waals surface area (Å²) in [5, 5.41) is 19.8. The standard InChI is InChI=1S/C13H15N3O3/c1-15(9-12-3-2-6-19-12)13-5-4-11(16(17)18)7-10(13)8-14/h4-5,7,12H,2-3,6,9H2,1H3. The average Bonchev–Trinajstić information content (AvgIpc) is 2.90. The Kier molecular flexibility index (Phi) is 3.97. The number of benzene rings is 1. The molecule has 19 heavy (non-hydrogen) atoms. The molecule has 1 aromatic carbocycles. The molecule has 1 saturated heterocycles. The molecule has 1 heterocycles. The summed E-state index contributed by atoms with van der Waals surface area (Å²) in [7, 11) is 1.86. The fourth-order valence-corrected chi connectivity index (χ4v) is 2.25. The van der Waals surface area contributed by atoms with E-state index in [1.165, 1.54) is 12.1 Å². The van der Waals surface area contributed by atoms with Crippen molar-refractivity contribution in [3.8, 4) is 6.07 Å². The molecule has 1 fully saturated rings. The molecule has 100 valence electrons. The molecule has 0 aromatic heterocycles. The van der Waals surface area contributed by atoms with Gasteiger partial charge in [-0.25, -0.2) is 0 Å². The number of nitro benzene ring substituents is 1. The molecule has 1 aliphatic rings. The molecule has 6 nitrogen and oxygen atoms in total. The number of rotatable bonds is 4. The minimum Gasteiger partial charge on any atom is -0.376 e. The highest BCUT2D eigenvalue weighted by Gasteiger charge is 2.20. The Morgan fingerprint density at radius 2 is 2.42 bits per heavy atom. The van der Waals surface area contributed by atoms with Crippen LogP contribution in [-0.2, 0) is 4.74 Å². The van der Waals surface area contributed by atoms with E-state index in [0.29, 0.717) is 17.8 Å². The van der Waals surface area contributed by atoms with Crippen molar-refractivity contribution in [2.24, 2.45) is 0 Å². The van der Waals surface area contributed by atoms with Crippen LogP contribution in [0.2, 0.25) is 0 Å². The van der Waals surface area contributed by atoms with Crippen molar-refractivity contribution in [3.63, 3.8) is 0 Å². The molecular weight excluding hydrogens is 246 g/mol. The number of anilines is 1. The number of nitro groups is 1. The number of ether oxygens (including phenoxy) is 1. The minimum atomic E-state index is -0.495. The Labute approximate surface area is 111 Å². The molecule has 6 heteroatoms. The maximum atomic E-state index is 10.7. The first-order valence-electron chi connectivity index (χ1n) is 6.13. The normalized spacial score (nSPS) is 18.0. The Hall–Kier alpha value is -2.13. The molecule has 0 bridgehead atoms. The minimum absolute atomic E-state index is 0.0641. The van der Waals surface area contributed by atoms with Gasteiger partial charge in [0.15, 0.2) is 0 Å². The average molecular weight is 261 g/mol. The van der Waals surface area contributed by atoms with Gasteiger partial charge in [0.1, 0.15) is 6.07 Å². The summed E-state index contributed by atoms with van der Waals surface area (Å²) in [5.74, 6) is 0. The maximum Gasteiger partial charge on any atom is 0.270 e. The van der Waals surface area contributed by atoms with E-state index >= 15 is 0 Å². The van der Waals surface area contributed by atoms with Crippen LogP contribution in [0.25, 0.3) is 0 Å². The fraction of sp³-hybridized carbons (Fsp3) is 0.462. The van der Waals surface area contributed by atoms with Gasteiger partial charge >= 0.3 is 0 Å². The summed E-state index contributed by atoms with van der Waals surface area (Å²) in [6.07, 6.45) is 2.25. The first kappa shape index (κ1) is 13.3. The van der Waals surface area contributed by atoms with Crippen LogP contribution in [0.1, 0.15) is 18.4 Å². The van der Waals surface area contributed by atoms with Crippen LogP contribution in [0.4, 0.5) is 11.4 Å². The van der Waals surface area contributed by atoms with Crippen molar-refractivity contribution in [1.29, 1.82) is 5.26 Å². The summed E-state index contributed by atoms with van der Waals surface area (Å²) < 4.78 is 5.55. The van der Waals surface area contributed by atoms with Crippen LogP contribution < -0.4 is 4.90 Å². The summed E-state index contributed by atoms with van der Waals surface area (Å²) in [5.41, 5.74) is 0.948. The number of nitrogens with zero attached hydrogens (tertiary/aromatic N) is 3. The lowest BCUT2D eigenvalue weighted by Crippen LogP contribution is -2.29. The van der Waals surface area contributed by atoms with Crippen molar-refractivity contribution in [1.82, 2.24) is 0 Å². The topological polar surface area (TPSA) is 79.4 Å². The third kappa shape index (κ3) is 3.01. The molecule has 0 radical (unpaired) electrons. The zero-order valence-corrected chi connectivity index (χ0v) is 10.7. The van der Waals surface area contributed by atoms with E-state index < -0.39 is 4.92 Å². The first-order chi connectivity index (χ1) is 9.11. The Morgan fingerprint density at radius 1 is 1.63 bits per heavy atom. The Bertz CT molecular complexity index is 518. The molecule has 0 N–H and O–H groups in total. The van der Waals surface area contributed by atoms with E-state index in [1.54, 1.807) is 6.07 Å². The predicted octanol–water partition coefficient (Wildman–Crippen LogP) is 2.08. The summed E-state index contributed by atoms with van der Waals surface area (Å²) in [6.45, 7) is 1.47.